The number of hydrogen-bond acceptors (Lipinski definition) is 3. The first-order valence-electron chi connectivity index (χ1n) is 7.21. The van der Waals surface area contributed by atoms with Crippen molar-refractivity contribution in [2.75, 3.05) is 6.54 Å². The van der Waals surface area contributed by atoms with Gasteiger partial charge in [0.25, 0.3) is 5.95 Å². The molecule has 1 amide bonds. The van der Waals surface area contributed by atoms with Crippen molar-refractivity contribution in [3.05, 3.63) is 53.4 Å². The number of H-pyrrole nitrogens is 1. The molecule has 0 bridgehead atoms. The van der Waals surface area contributed by atoms with Crippen molar-refractivity contribution in [2.24, 2.45) is 0 Å². The Balaban J connectivity index is 1.63. The molecule has 1 aromatic carbocycles. The van der Waals surface area contributed by atoms with Gasteiger partial charge in [0.05, 0.1) is 6.26 Å². The second-order valence-corrected chi connectivity index (χ2v) is 5.22. The van der Waals surface area contributed by atoms with Gasteiger partial charge in [-0.25, -0.2) is 4.79 Å². The number of nitrogens with one attached hydrogen (secondary N) is 2. The molecule has 0 atom stereocenters. The zero-order valence-electron chi connectivity index (χ0n) is 12.6. The molecule has 2 N–H and O–H groups in total. The van der Waals surface area contributed by atoms with Gasteiger partial charge in [0.1, 0.15) is 0 Å². The number of aromatic amines is 1. The van der Waals surface area contributed by atoms with Gasteiger partial charge in [-0.05, 0) is 37.5 Å². The molecular formula is C17H18N2O3. The van der Waals surface area contributed by atoms with Crippen molar-refractivity contribution in [2.45, 2.75) is 20.3 Å². The number of furan rings is 1. The number of aromatic nitrogens is 1. The molecule has 0 aliphatic rings. The molecule has 2 aromatic heterocycles. The summed E-state index contributed by atoms with van der Waals surface area (Å²) >= 11 is 0. The molecule has 0 saturated carbocycles. The number of carbonyl (C=O) groups is 1. The molecule has 0 spiro atoms. The third kappa shape index (κ3) is 2.83. The van der Waals surface area contributed by atoms with Crippen molar-refractivity contribution < 1.29 is 13.9 Å². The minimum atomic E-state index is -0.511. The van der Waals surface area contributed by atoms with Gasteiger partial charge in [-0.1, -0.05) is 18.2 Å². The Morgan fingerprint density at radius 1 is 1.27 bits per heavy atom. The first-order chi connectivity index (χ1) is 10.6. The summed E-state index contributed by atoms with van der Waals surface area (Å²) in [6.07, 6.45) is 1.69. The average Bonchev–Trinajstić information content (AvgIpc) is 3.09. The number of amides is 1. The van der Waals surface area contributed by atoms with E-state index in [1.165, 1.54) is 22.8 Å². The molecule has 3 aromatic rings. The Kier molecular flexibility index (Phi) is 3.87. The standard InChI is InChI=1S/C17H18N2O3/c1-11-5-3-6-14-13(12(2)19-16(11)14)8-9-18-17(20)22-15-7-4-10-21-15/h3-7,10,19H,8-9H2,1-2H3,(H,18,20). The minimum Gasteiger partial charge on any atom is -0.434 e. The number of para-hydroxylation sites is 1. The third-order valence-electron chi connectivity index (χ3n) is 3.70. The first kappa shape index (κ1) is 14.3. The van der Waals surface area contributed by atoms with Crippen molar-refractivity contribution >= 4 is 17.0 Å². The fraction of sp³-hybridized carbons (Fsp3) is 0.235. The summed E-state index contributed by atoms with van der Waals surface area (Å²) in [5, 5.41) is 3.94. The third-order valence-corrected chi connectivity index (χ3v) is 3.70. The van der Waals surface area contributed by atoms with Crippen LogP contribution in [0.3, 0.4) is 0 Å². The maximum Gasteiger partial charge on any atom is 0.415 e. The van der Waals surface area contributed by atoms with E-state index in [-0.39, 0.29) is 5.95 Å². The molecule has 0 fully saturated rings. The van der Waals surface area contributed by atoms with Crippen molar-refractivity contribution in [1.29, 1.82) is 0 Å². The number of ether oxygens (including phenoxy) is 1. The summed E-state index contributed by atoms with van der Waals surface area (Å²) in [6, 6.07) is 9.49. The van der Waals surface area contributed by atoms with Gasteiger partial charge in [0, 0.05) is 29.2 Å². The second kappa shape index (κ2) is 5.97. The number of fused-ring (bicyclic) bond motifs is 1. The van der Waals surface area contributed by atoms with Crippen molar-refractivity contribution in [3.63, 3.8) is 0 Å². The summed E-state index contributed by atoms with van der Waals surface area (Å²) in [5.74, 6) is 0.191. The molecule has 22 heavy (non-hydrogen) atoms. The molecule has 0 unspecified atom stereocenters. The van der Waals surface area contributed by atoms with Crippen LogP contribution in [0.15, 0.2) is 41.0 Å². The van der Waals surface area contributed by atoms with Crippen molar-refractivity contribution in [1.82, 2.24) is 10.3 Å². The van der Waals surface area contributed by atoms with E-state index in [2.05, 4.69) is 36.3 Å². The molecule has 0 aliphatic carbocycles. The lowest BCUT2D eigenvalue weighted by Gasteiger charge is -2.05. The number of carbonyl (C=O) groups excluding carboxylic acids is 1. The van der Waals surface area contributed by atoms with Crippen LogP contribution in [0.5, 0.6) is 5.95 Å². The monoisotopic (exact) mass is 298 g/mol. The Morgan fingerprint density at radius 3 is 2.91 bits per heavy atom. The Labute approximate surface area is 128 Å². The van der Waals surface area contributed by atoms with Crippen molar-refractivity contribution in [3.8, 4) is 5.95 Å². The van der Waals surface area contributed by atoms with Crippen LogP contribution in [-0.4, -0.2) is 17.6 Å². The molecule has 0 radical (unpaired) electrons. The number of hydrogen-bond donors (Lipinski definition) is 2. The summed E-state index contributed by atoms with van der Waals surface area (Å²) in [4.78, 5) is 15.1. The lowest BCUT2D eigenvalue weighted by Crippen LogP contribution is -2.28. The van der Waals surface area contributed by atoms with E-state index in [9.17, 15) is 4.79 Å². The Morgan fingerprint density at radius 2 is 2.14 bits per heavy atom. The molecule has 0 aliphatic heterocycles. The van der Waals surface area contributed by atoms with Crippen LogP contribution in [0, 0.1) is 13.8 Å². The van der Waals surface area contributed by atoms with Gasteiger partial charge >= 0.3 is 6.09 Å². The summed E-state index contributed by atoms with van der Waals surface area (Å²) in [5.41, 5.74) is 4.73. The second-order valence-electron chi connectivity index (χ2n) is 5.22. The summed E-state index contributed by atoms with van der Waals surface area (Å²) in [7, 11) is 0. The van der Waals surface area contributed by atoms with Crippen LogP contribution in [-0.2, 0) is 6.42 Å². The number of rotatable bonds is 4. The highest BCUT2D eigenvalue weighted by molar-refractivity contribution is 5.87. The van der Waals surface area contributed by atoms with Gasteiger partial charge < -0.3 is 19.5 Å². The quantitative estimate of drug-likeness (QED) is 0.771. The Hall–Kier alpha value is -2.69. The average molecular weight is 298 g/mol. The van der Waals surface area contributed by atoms with Gasteiger partial charge in [0.15, 0.2) is 0 Å². The van der Waals surface area contributed by atoms with Crippen LogP contribution in [0.4, 0.5) is 4.79 Å². The normalized spacial score (nSPS) is 10.8. The summed E-state index contributed by atoms with van der Waals surface area (Å²) < 4.78 is 9.94. The van der Waals surface area contributed by atoms with Crippen LogP contribution < -0.4 is 10.1 Å². The predicted molar refractivity (Wildman–Crippen MR) is 84.2 cm³/mol. The highest BCUT2D eigenvalue weighted by Gasteiger charge is 2.11. The van der Waals surface area contributed by atoms with Crippen LogP contribution >= 0.6 is 0 Å². The van der Waals surface area contributed by atoms with E-state index in [1.54, 1.807) is 12.1 Å². The lowest BCUT2D eigenvalue weighted by atomic mass is 10.1. The van der Waals surface area contributed by atoms with E-state index in [0.717, 1.165) is 17.6 Å². The summed E-state index contributed by atoms with van der Waals surface area (Å²) in [6.45, 7) is 4.64. The maximum absolute atomic E-state index is 11.6. The lowest BCUT2D eigenvalue weighted by molar-refractivity contribution is 0.187. The smallest absolute Gasteiger partial charge is 0.415 e. The number of benzene rings is 1. The fourth-order valence-corrected chi connectivity index (χ4v) is 2.61. The zero-order valence-corrected chi connectivity index (χ0v) is 12.6. The van der Waals surface area contributed by atoms with E-state index in [4.69, 9.17) is 9.15 Å². The van der Waals surface area contributed by atoms with Crippen LogP contribution in [0.2, 0.25) is 0 Å². The van der Waals surface area contributed by atoms with Crippen LogP contribution in [0.25, 0.3) is 10.9 Å². The van der Waals surface area contributed by atoms with Gasteiger partial charge in [-0.15, -0.1) is 0 Å². The molecule has 114 valence electrons. The molecule has 2 heterocycles. The zero-order chi connectivity index (χ0) is 15.5. The molecule has 5 nitrogen and oxygen atoms in total. The molecule has 0 saturated heterocycles. The molecular weight excluding hydrogens is 280 g/mol. The minimum absolute atomic E-state index is 0.191. The van der Waals surface area contributed by atoms with E-state index >= 15 is 0 Å². The fourth-order valence-electron chi connectivity index (χ4n) is 2.61. The SMILES string of the molecule is Cc1[nH]c2c(C)cccc2c1CCNC(=O)Oc1ccco1. The molecule has 5 heteroatoms. The maximum atomic E-state index is 11.6. The Bertz CT molecular complexity index is 788. The highest BCUT2D eigenvalue weighted by Crippen LogP contribution is 2.24. The van der Waals surface area contributed by atoms with Crippen LogP contribution in [0.1, 0.15) is 16.8 Å². The van der Waals surface area contributed by atoms with E-state index in [0.29, 0.717) is 6.54 Å². The van der Waals surface area contributed by atoms with Gasteiger partial charge in [-0.3, -0.25) is 0 Å². The predicted octanol–water partition coefficient (Wildman–Crippen LogP) is 3.71. The van der Waals surface area contributed by atoms with Gasteiger partial charge in [0.2, 0.25) is 0 Å². The van der Waals surface area contributed by atoms with Gasteiger partial charge in [-0.2, -0.15) is 0 Å². The topological polar surface area (TPSA) is 67.3 Å². The molecule has 3 rings (SSSR count). The van der Waals surface area contributed by atoms with E-state index < -0.39 is 6.09 Å². The number of aryl methyl sites for hydroxylation is 2. The largest absolute Gasteiger partial charge is 0.434 e. The van der Waals surface area contributed by atoms with E-state index in [1.807, 2.05) is 6.07 Å². The highest BCUT2D eigenvalue weighted by atomic mass is 16.6. The first-order valence-corrected chi connectivity index (χ1v) is 7.21.